The van der Waals surface area contributed by atoms with Gasteiger partial charge in [-0.05, 0) is 31.2 Å². The summed E-state index contributed by atoms with van der Waals surface area (Å²) >= 11 is 0. The molecule has 0 aliphatic heterocycles. The Hall–Kier alpha value is -2.66. The molecule has 26 heavy (non-hydrogen) atoms. The van der Waals surface area contributed by atoms with Crippen molar-refractivity contribution >= 4 is 16.9 Å². The number of nitrogens with zero attached hydrogens (tertiary/aromatic N) is 3. The van der Waals surface area contributed by atoms with E-state index in [9.17, 15) is 4.79 Å². The van der Waals surface area contributed by atoms with Crippen LogP contribution in [0.1, 0.15) is 17.8 Å². The van der Waals surface area contributed by atoms with E-state index in [1.807, 2.05) is 55.4 Å². The van der Waals surface area contributed by atoms with Crippen molar-refractivity contribution in [2.45, 2.75) is 19.4 Å². The molecule has 0 aliphatic rings. The fourth-order valence-electron chi connectivity index (χ4n) is 3.15. The van der Waals surface area contributed by atoms with Gasteiger partial charge in [0.25, 0.3) is 0 Å². The predicted octanol–water partition coefficient (Wildman–Crippen LogP) is 2.75. The molecule has 1 aromatic heterocycles. The molecule has 0 radical (unpaired) electrons. The van der Waals surface area contributed by atoms with E-state index in [2.05, 4.69) is 33.1 Å². The highest BCUT2D eigenvalue weighted by Crippen LogP contribution is 2.15. The van der Waals surface area contributed by atoms with Gasteiger partial charge in [0.2, 0.25) is 5.91 Å². The summed E-state index contributed by atoms with van der Waals surface area (Å²) in [6.07, 6.45) is 1.73. The molecule has 0 saturated carbocycles. The van der Waals surface area contributed by atoms with Crippen LogP contribution in [-0.4, -0.2) is 40.5 Å². The maximum Gasteiger partial charge on any atom is 0.234 e. The second-order valence-electron chi connectivity index (χ2n) is 6.69. The number of fused-ring (bicyclic) bond motifs is 1. The number of carbonyl (C=O) groups excluding carboxylic acids is 1. The molecule has 1 heterocycles. The van der Waals surface area contributed by atoms with Crippen molar-refractivity contribution in [3.8, 4) is 0 Å². The second kappa shape index (κ2) is 8.63. The van der Waals surface area contributed by atoms with E-state index in [-0.39, 0.29) is 5.91 Å². The third kappa shape index (κ3) is 4.70. The average molecular weight is 350 g/mol. The first kappa shape index (κ1) is 18.1. The average Bonchev–Trinajstić information content (AvgIpc) is 2.96. The molecule has 5 nitrogen and oxygen atoms in total. The van der Waals surface area contributed by atoms with Crippen LogP contribution < -0.4 is 5.32 Å². The number of imidazole rings is 1. The molecular formula is C21H26N4O. The number of aromatic nitrogens is 2. The van der Waals surface area contributed by atoms with Crippen LogP contribution in [0.2, 0.25) is 0 Å². The van der Waals surface area contributed by atoms with E-state index in [1.165, 1.54) is 5.56 Å². The van der Waals surface area contributed by atoms with Crippen LogP contribution in [0.4, 0.5) is 0 Å². The van der Waals surface area contributed by atoms with Gasteiger partial charge in [-0.25, -0.2) is 4.98 Å². The predicted molar refractivity (Wildman–Crippen MR) is 105 cm³/mol. The van der Waals surface area contributed by atoms with Crippen LogP contribution >= 0.6 is 0 Å². The highest BCUT2D eigenvalue weighted by molar-refractivity contribution is 5.78. The van der Waals surface area contributed by atoms with Crippen LogP contribution in [0.5, 0.6) is 0 Å². The maximum atomic E-state index is 12.1. The Labute approximate surface area is 154 Å². The Morgan fingerprint density at radius 1 is 1.12 bits per heavy atom. The number of nitrogens with one attached hydrogen (secondary N) is 1. The molecule has 0 spiro atoms. The van der Waals surface area contributed by atoms with Crippen molar-refractivity contribution in [1.82, 2.24) is 19.8 Å². The van der Waals surface area contributed by atoms with Crippen molar-refractivity contribution < 1.29 is 4.79 Å². The zero-order valence-electron chi connectivity index (χ0n) is 15.5. The fraction of sp³-hybridized carbons (Fsp3) is 0.333. The molecule has 136 valence electrons. The van der Waals surface area contributed by atoms with Gasteiger partial charge in [-0.1, -0.05) is 42.5 Å². The maximum absolute atomic E-state index is 12.1. The summed E-state index contributed by atoms with van der Waals surface area (Å²) in [7, 11) is 4.01. The summed E-state index contributed by atoms with van der Waals surface area (Å²) < 4.78 is 2.13. The van der Waals surface area contributed by atoms with Gasteiger partial charge < -0.3 is 9.88 Å². The summed E-state index contributed by atoms with van der Waals surface area (Å²) in [6.45, 7) is 1.84. The summed E-state index contributed by atoms with van der Waals surface area (Å²) in [5, 5.41) is 3.01. The van der Waals surface area contributed by atoms with Crippen molar-refractivity contribution in [1.29, 1.82) is 0 Å². The minimum Gasteiger partial charge on any atom is -0.355 e. The van der Waals surface area contributed by atoms with Gasteiger partial charge in [0.1, 0.15) is 5.82 Å². The number of aryl methyl sites for hydroxylation is 2. The van der Waals surface area contributed by atoms with Crippen LogP contribution in [0.3, 0.4) is 0 Å². The molecule has 0 fully saturated rings. The molecule has 3 rings (SSSR count). The summed E-state index contributed by atoms with van der Waals surface area (Å²) in [5.74, 6) is 1.12. The Morgan fingerprint density at radius 2 is 1.85 bits per heavy atom. The molecule has 0 saturated heterocycles. The van der Waals surface area contributed by atoms with Crippen molar-refractivity contribution in [3.05, 3.63) is 66.0 Å². The van der Waals surface area contributed by atoms with Crippen LogP contribution in [0.25, 0.3) is 11.0 Å². The lowest BCUT2D eigenvalue weighted by Crippen LogP contribution is -2.35. The molecule has 0 bridgehead atoms. The van der Waals surface area contributed by atoms with Crippen molar-refractivity contribution in [3.63, 3.8) is 0 Å². The van der Waals surface area contributed by atoms with E-state index >= 15 is 0 Å². The van der Waals surface area contributed by atoms with Gasteiger partial charge in [-0.15, -0.1) is 0 Å². The fourth-order valence-corrected chi connectivity index (χ4v) is 3.15. The highest BCUT2D eigenvalue weighted by Gasteiger charge is 2.09. The highest BCUT2D eigenvalue weighted by atomic mass is 16.2. The lowest BCUT2D eigenvalue weighted by molar-refractivity contribution is -0.122. The Balaban J connectivity index is 1.40. The number of hydrogen-bond acceptors (Lipinski definition) is 3. The summed E-state index contributed by atoms with van der Waals surface area (Å²) in [4.78, 5) is 18.8. The van der Waals surface area contributed by atoms with Crippen LogP contribution in [0.15, 0.2) is 54.6 Å². The minimum atomic E-state index is 0.0634. The first-order chi connectivity index (χ1) is 12.6. The zero-order valence-corrected chi connectivity index (χ0v) is 15.5. The molecule has 2 aromatic carbocycles. The van der Waals surface area contributed by atoms with Gasteiger partial charge in [0.15, 0.2) is 0 Å². The third-order valence-electron chi connectivity index (χ3n) is 4.49. The van der Waals surface area contributed by atoms with Gasteiger partial charge in [0.05, 0.1) is 17.6 Å². The van der Waals surface area contributed by atoms with Crippen LogP contribution in [-0.2, 0) is 24.8 Å². The summed E-state index contributed by atoms with van der Waals surface area (Å²) in [5.41, 5.74) is 3.38. The number of hydrogen-bond donors (Lipinski definition) is 1. The number of likely N-dealkylation sites (N-methyl/N-ethyl adjacent to an activating group) is 1. The summed E-state index contributed by atoms with van der Waals surface area (Å²) in [6, 6.07) is 18.3. The second-order valence-corrected chi connectivity index (χ2v) is 6.69. The third-order valence-corrected chi connectivity index (χ3v) is 4.49. The van der Waals surface area contributed by atoms with E-state index in [1.54, 1.807) is 0 Å². The number of benzene rings is 2. The molecule has 5 heteroatoms. The SMILES string of the molecule is CN(CC(=O)NCCCc1nc2ccccc2n1C)Cc1ccccc1. The van der Waals surface area contributed by atoms with E-state index in [4.69, 9.17) is 0 Å². The minimum absolute atomic E-state index is 0.0634. The Kier molecular flexibility index (Phi) is 6.02. The monoisotopic (exact) mass is 350 g/mol. The largest absolute Gasteiger partial charge is 0.355 e. The Morgan fingerprint density at radius 3 is 2.62 bits per heavy atom. The van der Waals surface area contributed by atoms with Gasteiger partial charge in [-0.3, -0.25) is 9.69 Å². The zero-order chi connectivity index (χ0) is 18.4. The lowest BCUT2D eigenvalue weighted by atomic mass is 10.2. The number of amides is 1. The first-order valence-corrected chi connectivity index (χ1v) is 9.03. The van der Waals surface area contributed by atoms with Gasteiger partial charge >= 0.3 is 0 Å². The lowest BCUT2D eigenvalue weighted by Gasteiger charge is -2.16. The number of para-hydroxylation sites is 2. The Bertz CT molecular complexity index is 857. The molecule has 0 unspecified atom stereocenters. The smallest absolute Gasteiger partial charge is 0.234 e. The van der Waals surface area contributed by atoms with Crippen LogP contribution in [0, 0.1) is 0 Å². The van der Waals surface area contributed by atoms with E-state index in [0.29, 0.717) is 13.1 Å². The van der Waals surface area contributed by atoms with E-state index in [0.717, 1.165) is 36.2 Å². The van der Waals surface area contributed by atoms with Crippen molar-refractivity contribution in [2.75, 3.05) is 20.1 Å². The molecule has 1 amide bonds. The first-order valence-electron chi connectivity index (χ1n) is 9.03. The molecule has 0 aliphatic carbocycles. The standard InChI is InChI=1S/C21H26N4O/c1-24(15-17-9-4-3-5-10-17)16-21(26)22-14-8-13-20-23-18-11-6-7-12-19(18)25(20)2/h3-7,9-12H,8,13-16H2,1-2H3,(H,22,26). The quantitative estimate of drug-likeness (QED) is 0.636. The molecule has 0 atom stereocenters. The van der Waals surface area contributed by atoms with Gasteiger partial charge in [0, 0.05) is 26.6 Å². The number of rotatable bonds is 8. The molecule has 1 N–H and O–H groups in total. The molecule has 3 aromatic rings. The number of carbonyl (C=O) groups is 1. The molecular weight excluding hydrogens is 324 g/mol. The van der Waals surface area contributed by atoms with E-state index < -0.39 is 0 Å². The normalized spacial score (nSPS) is 11.2. The topological polar surface area (TPSA) is 50.2 Å². The van der Waals surface area contributed by atoms with Crippen molar-refractivity contribution in [2.24, 2.45) is 7.05 Å². The van der Waals surface area contributed by atoms with Gasteiger partial charge in [-0.2, -0.15) is 0 Å².